The highest BCUT2D eigenvalue weighted by molar-refractivity contribution is 14.1. The average Bonchev–Trinajstić information content (AvgIpc) is 3.18. The third kappa shape index (κ3) is 13.5. The van der Waals surface area contributed by atoms with Gasteiger partial charge in [-0.05, 0) is 197 Å². The van der Waals surface area contributed by atoms with E-state index in [0.717, 1.165) is 38.8 Å². The van der Waals surface area contributed by atoms with Gasteiger partial charge < -0.3 is 36.0 Å². The van der Waals surface area contributed by atoms with Crippen molar-refractivity contribution in [2.24, 2.45) is 0 Å². The summed E-state index contributed by atoms with van der Waals surface area (Å²) in [5.74, 6) is -2.54. The fourth-order valence-corrected chi connectivity index (χ4v) is 6.98. The molecule has 6 aromatic rings. The fraction of sp³-hybridized carbons (Fsp3) is 0.0930. The Morgan fingerprint density at radius 3 is 1.53 bits per heavy atom. The molecule has 0 aliphatic heterocycles. The molecule has 0 aromatic heterocycles. The van der Waals surface area contributed by atoms with Gasteiger partial charge in [0.2, 0.25) is 0 Å². The zero-order valence-electron chi connectivity index (χ0n) is 31.8. The number of methoxy groups -OCH3 is 1. The molecule has 59 heavy (non-hydrogen) atoms. The van der Waals surface area contributed by atoms with Crippen molar-refractivity contribution in [1.82, 2.24) is 0 Å². The summed E-state index contributed by atoms with van der Waals surface area (Å²) in [6.07, 6.45) is 0. The van der Waals surface area contributed by atoms with Crippen LogP contribution in [0.5, 0.6) is 5.75 Å². The van der Waals surface area contributed by atoms with Crippen LogP contribution in [0.1, 0.15) is 47.8 Å². The lowest BCUT2D eigenvalue weighted by atomic mass is 10.1. The van der Waals surface area contributed by atoms with Gasteiger partial charge >= 0.3 is 17.9 Å². The molecule has 0 radical (unpaired) electrons. The number of aryl methyl sites for hydroxylation is 3. The summed E-state index contributed by atoms with van der Waals surface area (Å²) in [4.78, 5) is 44.0. The molecular formula is C43H37I3N4O9. The summed E-state index contributed by atoms with van der Waals surface area (Å²) >= 11 is 6.64. The first kappa shape index (κ1) is 46.2. The second kappa shape index (κ2) is 21.5. The minimum atomic E-state index is -1.14. The molecule has 6 N–H and O–H groups in total. The number of halogens is 3. The van der Waals surface area contributed by atoms with Crippen molar-refractivity contribution in [2.45, 2.75) is 20.8 Å². The van der Waals surface area contributed by atoms with E-state index in [9.17, 15) is 39.8 Å². The number of nitro groups is 1. The average molecular weight is 1130 g/mol. The van der Waals surface area contributed by atoms with Crippen molar-refractivity contribution >= 4 is 125 Å². The lowest BCUT2D eigenvalue weighted by Crippen LogP contribution is -2.04. The van der Waals surface area contributed by atoms with Crippen LogP contribution in [0.3, 0.4) is 0 Å². The zero-order valence-corrected chi connectivity index (χ0v) is 38.3. The van der Waals surface area contributed by atoms with Gasteiger partial charge in [-0.2, -0.15) is 0 Å². The van der Waals surface area contributed by atoms with Gasteiger partial charge in [0.25, 0.3) is 5.69 Å². The van der Waals surface area contributed by atoms with Gasteiger partial charge in [-0.1, -0.05) is 11.6 Å². The Morgan fingerprint density at radius 2 is 1.02 bits per heavy atom. The summed E-state index contributed by atoms with van der Waals surface area (Å²) in [7, 11) is 1.51. The molecule has 304 valence electrons. The minimum absolute atomic E-state index is 0.0152. The first-order chi connectivity index (χ1) is 27.9. The standard InChI is InChI=1S/C15H14INO2.C14H11IN2O4.C14H12INO3/c1-9-3-5-14(12(7-9)15(18)19)17-13-6-4-11(16)8-10(13)2;1-8-6-9(15)2-5-12(8)16-13-7-10(17(20)21)3-4-11(13)14(18)19;1-19-11-6-7-13(12(8-11)14(17)18)16-10-4-2-9(15)3-5-10/h3-8,17H,1-2H3,(H,18,19);2-7,16H,1H3,(H,18,19);2-8,16H,1H3,(H,17,18). The quantitative estimate of drug-likeness (QED) is 0.0408. The molecule has 0 bridgehead atoms. The van der Waals surface area contributed by atoms with Crippen LogP contribution in [0.25, 0.3) is 0 Å². The van der Waals surface area contributed by atoms with Gasteiger partial charge in [-0.15, -0.1) is 0 Å². The number of hydrogen-bond donors (Lipinski definition) is 6. The van der Waals surface area contributed by atoms with E-state index in [0.29, 0.717) is 22.8 Å². The Labute approximate surface area is 380 Å². The van der Waals surface area contributed by atoms with E-state index in [1.54, 1.807) is 24.3 Å². The molecule has 0 aliphatic carbocycles. The minimum Gasteiger partial charge on any atom is -0.497 e. The Bertz CT molecular complexity index is 2510. The summed E-state index contributed by atoms with van der Waals surface area (Å²) < 4.78 is 8.36. The number of carboxylic acid groups (broad SMARTS) is 3. The maximum atomic E-state index is 11.3. The highest BCUT2D eigenvalue weighted by Gasteiger charge is 2.17. The first-order valence-electron chi connectivity index (χ1n) is 17.3. The molecule has 6 rings (SSSR count). The van der Waals surface area contributed by atoms with Crippen LogP contribution < -0.4 is 20.7 Å². The van der Waals surface area contributed by atoms with Crippen LogP contribution in [-0.4, -0.2) is 45.3 Å². The lowest BCUT2D eigenvalue weighted by molar-refractivity contribution is -0.384. The topological polar surface area (TPSA) is 200 Å². The molecule has 0 atom stereocenters. The Morgan fingerprint density at radius 1 is 0.542 bits per heavy atom. The maximum Gasteiger partial charge on any atom is 0.337 e. The van der Waals surface area contributed by atoms with Crippen molar-refractivity contribution in [3.8, 4) is 5.75 Å². The number of carboxylic acids is 3. The van der Waals surface area contributed by atoms with Crippen molar-refractivity contribution in [1.29, 1.82) is 0 Å². The van der Waals surface area contributed by atoms with E-state index in [2.05, 4.69) is 89.8 Å². The largest absolute Gasteiger partial charge is 0.497 e. The number of anilines is 6. The van der Waals surface area contributed by atoms with Crippen molar-refractivity contribution in [2.75, 3.05) is 23.1 Å². The number of carbonyl (C=O) groups is 3. The number of non-ortho nitro benzene ring substituents is 1. The van der Waals surface area contributed by atoms with E-state index in [1.165, 1.54) is 31.4 Å². The van der Waals surface area contributed by atoms with Crippen molar-refractivity contribution in [3.63, 3.8) is 0 Å². The van der Waals surface area contributed by atoms with E-state index >= 15 is 0 Å². The first-order valence-corrected chi connectivity index (χ1v) is 20.5. The number of benzene rings is 6. The normalized spacial score (nSPS) is 10.2. The van der Waals surface area contributed by atoms with E-state index < -0.39 is 22.8 Å². The molecule has 0 unspecified atom stereocenters. The van der Waals surface area contributed by atoms with Gasteiger partial charge in [0.1, 0.15) is 5.75 Å². The molecule has 13 nitrogen and oxygen atoms in total. The number of nitro benzene ring substituents is 1. The van der Waals surface area contributed by atoms with Crippen molar-refractivity contribution < 1.29 is 39.4 Å². The fourth-order valence-electron chi connectivity index (χ4n) is 5.33. The highest BCUT2D eigenvalue weighted by Crippen LogP contribution is 2.30. The smallest absolute Gasteiger partial charge is 0.337 e. The third-order valence-corrected chi connectivity index (χ3v) is 10.4. The molecule has 0 saturated heterocycles. The number of aromatic carboxylic acids is 3. The Kier molecular flexibility index (Phi) is 16.8. The summed E-state index contributed by atoms with van der Waals surface area (Å²) in [5, 5.41) is 47.7. The molecule has 0 heterocycles. The molecule has 6 aromatic carbocycles. The number of ether oxygens (including phenoxy) is 1. The molecule has 0 aliphatic rings. The van der Waals surface area contributed by atoms with Gasteiger partial charge in [-0.25, -0.2) is 14.4 Å². The Balaban J connectivity index is 0.000000196. The molecule has 0 saturated carbocycles. The van der Waals surface area contributed by atoms with E-state index in [-0.39, 0.29) is 28.1 Å². The molecule has 0 fully saturated rings. The number of nitrogens with one attached hydrogen (secondary N) is 3. The van der Waals surface area contributed by atoms with Crippen molar-refractivity contribution in [3.05, 3.63) is 169 Å². The SMILES string of the molecule is COc1ccc(Nc2ccc(I)cc2)c(C(=O)O)c1.Cc1cc(I)ccc1Nc1cc([N+](=O)[O-])ccc1C(=O)O.Cc1ccc(Nc2ccc(I)cc2C)c(C(=O)O)c1. The second-order valence-electron chi connectivity index (χ2n) is 12.7. The predicted octanol–water partition coefficient (Wildman–Crippen LogP) is 12.0. The van der Waals surface area contributed by atoms with Crippen LogP contribution in [0.15, 0.2) is 115 Å². The number of hydrogen-bond acceptors (Lipinski definition) is 9. The van der Waals surface area contributed by atoms with Crippen LogP contribution in [-0.2, 0) is 0 Å². The van der Waals surface area contributed by atoms with Crippen LogP contribution >= 0.6 is 67.8 Å². The zero-order chi connectivity index (χ0) is 43.4. The number of nitrogens with zero attached hydrogens (tertiary/aromatic N) is 1. The molecule has 16 heteroatoms. The summed E-state index contributed by atoms with van der Waals surface area (Å²) in [6, 6.07) is 33.2. The van der Waals surface area contributed by atoms with E-state index in [1.807, 2.05) is 81.4 Å². The van der Waals surface area contributed by atoms with Crippen LogP contribution in [0.2, 0.25) is 0 Å². The Hall–Kier alpha value is -5.48. The van der Waals surface area contributed by atoms with E-state index in [4.69, 9.17) is 4.74 Å². The van der Waals surface area contributed by atoms with Crippen LogP contribution in [0.4, 0.5) is 39.8 Å². The number of rotatable bonds is 11. The van der Waals surface area contributed by atoms with Crippen LogP contribution in [0, 0.1) is 41.6 Å². The van der Waals surface area contributed by atoms with Gasteiger partial charge in [0.05, 0.1) is 45.8 Å². The second-order valence-corrected chi connectivity index (χ2v) is 16.4. The summed E-state index contributed by atoms with van der Waals surface area (Å²) in [6.45, 7) is 5.76. The predicted molar refractivity (Wildman–Crippen MR) is 255 cm³/mol. The van der Waals surface area contributed by atoms with Gasteiger partial charge in [-0.3, -0.25) is 10.1 Å². The molecule has 0 spiro atoms. The summed E-state index contributed by atoms with van der Waals surface area (Å²) in [5.41, 5.74) is 7.05. The highest BCUT2D eigenvalue weighted by atomic mass is 127. The molecule has 0 amide bonds. The van der Waals surface area contributed by atoms with Gasteiger partial charge in [0, 0.05) is 39.9 Å². The monoisotopic (exact) mass is 1130 g/mol. The molecular weight excluding hydrogens is 1100 g/mol. The lowest BCUT2D eigenvalue weighted by Gasteiger charge is -2.12. The third-order valence-electron chi connectivity index (χ3n) is 8.35. The van der Waals surface area contributed by atoms with Gasteiger partial charge in [0.15, 0.2) is 0 Å². The maximum absolute atomic E-state index is 11.3.